The van der Waals surface area contributed by atoms with Crippen molar-refractivity contribution in [3.63, 3.8) is 0 Å². The molecule has 2 aromatic rings. The fourth-order valence-corrected chi connectivity index (χ4v) is 2.18. The zero-order valence-electron chi connectivity index (χ0n) is 13.2. The van der Waals surface area contributed by atoms with Gasteiger partial charge in [0.25, 0.3) is 0 Å². The lowest BCUT2D eigenvalue weighted by Gasteiger charge is -2.07. The van der Waals surface area contributed by atoms with Crippen LogP contribution in [0.15, 0.2) is 30.6 Å². The van der Waals surface area contributed by atoms with E-state index in [2.05, 4.69) is 32.8 Å². The Bertz CT molecular complexity index is 692. The van der Waals surface area contributed by atoms with E-state index in [0.29, 0.717) is 22.8 Å². The number of hydrogen-bond acceptors (Lipinski definition) is 5. The maximum Gasteiger partial charge on any atom is 0.411 e. The summed E-state index contributed by atoms with van der Waals surface area (Å²) in [6.45, 7) is -1.36. The van der Waals surface area contributed by atoms with Gasteiger partial charge in [0.2, 0.25) is 5.91 Å². The summed E-state index contributed by atoms with van der Waals surface area (Å²) in [4.78, 5) is 16.0. The number of ether oxygens (including phenoxy) is 1. The van der Waals surface area contributed by atoms with E-state index in [1.54, 1.807) is 24.4 Å². The summed E-state index contributed by atoms with van der Waals surface area (Å²) < 4.78 is 42.2. The van der Waals surface area contributed by atoms with Crippen LogP contribution >= 0.6 is 12.6 Å². The smallest absolute Gasteiger partial charge is 0.370 e. The van der Waals surface area contributed by atoms with Crippen molar-refractivity contribution >= 4 is 24.2 Å². The van der Waals surface area contributed by atoms with E-state index in [0.717, 1.165) is 0 Å². The van der Waals surface area contributed by atoms with Gasteiger partial charge in [0.15, 0.2) is 0 Å². The molecule has 6 nitrogen and oxygen atoms in total. The van der Waals surface area contributed by atoms with E-state index in [-0.39, 0.29) is 25.5 Å². The summed E-state index contributed by atoms with van der Waals surface area (Å²) in [5.41, 5.74) is 1.41. The monoisotopic (exact) mass is 374 g/mol. The second kappa shape index (κ2) is 8.86. The number of pyridine rings is 1. The highest BCUT2D eigenvalue weighted by Gasteiger charge is 2.27. The van der Waals surface area contributed by atoms with Crippen molar-refractivity contribution in [2.75, 3.05) is 24.3 Å². The summed E-state index contributed by atoms with van der Waals surface area (Å²) in [6, 6.07) is 5.23. The number of rotatable bonds is 8. The molecule has 0 aliphatic heterocycles. The average molecular weight is 374 g/mol. The molecule has 25 heavy (non-hydrogen) atoms. The Labute approximate surface area is 147 Å². The molecule has 2 aromatic heterocycles. The van der Waals surface area contributed by atoms with Crippen molar-refractivity contribution in [1.29, 1.82) is 0 Å². The topological polar surface area (TPSA) is 69.0 Å². The van der Waals surface area contributed by atoms with Gasteiger partial charge in [-0.3, -0.25) is 14.5 Å². The summed E-state index contributed by atoms with van der Waals surface area (Å²) >= 11 is 4.00. The number of nitrogens with zero attached hydrogens (tertiary/aromatic N) is 3. The minimum Gasteiger partial charge on any atom is -0.370 e. The number of alkyl halides is 3. The van der Waals surface area contributed by atoms with Crippen LogP contribution < -0.4 is 5.32 Å². The van der Waals surface area contributed by atoms with Crippen LogP contribution in [0, 0.1) is 0 Å². The van der Waals surface area contributed by atoms with Crippen LogP contribution in [0.1, 0.15) is 6.42 Å². The molecular weight excluding hydrogens is 357 g/mol. The van der Waals surface area contributed by atoms with Crippen LogP contribution in [0.25, 0.3) is 11.4 Å². The zero-order chi connectivity index (χ0) is 18.3. The van der Waals surface area contributed by atoms with Gasteiger partial charge < -0.3 is 10.1 Å². The molecule has 0 atom stereocenters. The number of hydrogen-bond donors (Lipinski definition) is 2. The highest BCUT2D eigenvalue weighted by atomic mass is 32.1. The molecule has 0 aromatic carbocycles. The maximum atomic E-state index is 12.1. The quantitative estimate of drug-likeness (QED) is 0.551. The lowest BCUT2D eigenvalue weighted by Crippen LogP contribution is -2.19. The van der Waals surface area contributed by atoms with Crippen molar-refractivity contribution in [3.8, 4) is 11.4 Å². The first kappa shape index (κ1) is 19.3. The van der Waals surface area contributed by atoms with E-state index >= 15 is 0 Å². The number of carbonyl (C=O) groups is 1. The van der Waals surface area contributed by atoms with Crippen molar-refractivity contribution in [3.05, 3.63) is 30.6 Å². The highest BCUT2D eigenvalue weighted by Crippen LogP contribution is 2.25. The number of aromatic nitrogens is 3. The molecule has 0 spiro atoms. The molecule has 0 aliphatic rings. The molecule has 0 saturated heterocycles. The predicted molar refractivity (Wildman–Crippen MR) is 89.4 cm³/mol. The van der Waals surface area contributed by atoms with E-state index in [1.165, 1.54) is 10.9 Å². The van der Waals surface area contributed by atoms with Crippen LogP contribution in [0.2, 0.25) is 0 Å². The van der Waals surface area contributed by atoms with Crippen molar-refractivity contribution < 1.29 is 22.7 Å². The Morgan fingerprint density at radius 1 is 1.36 bits per heavy atom. The van der Waals surface area contributed by atoms with Crippen molar-refractivity contribution in [1.82, 2.24) is 14.8 Å². The molecule has 0 aliphatic carbocycles. The van der Waals surface area contributed by atoms with Gasteiger partial charge >= 0.3 is 6.18 Å². The normalized spacial score (nSPS) is 11.5. The fourth-order valence-electron chi connectivity index (χ4n) is 1.98. The second-order valence-electron chi connectivity index (χ2n) is 5.06. The molecule has 0 unspecified atom stereocenters. The van der Waals surface area contributed by atoms with Gasteiger partial charge in [-0.05, 0) is 17.9 Å². The minimum absolute atomic E-state index is 0.109. The molecule has 0 bridgehead atoms. The van der Waals surface area contributed by atoms with Crippen LogP contribution in [0.3, 0.4) is 0 Å². The zero-order valence-corrected chi connectivity index (χ0v) is 14.1. The minimum atomic E-state index is -4.37. The summed E-state index contributed by atoms with van der Waals surface area (Å²) in [5, 5.41) is 7.00. The molecule has 2 heterocycles. The SMILES string of the molecule is O=C(CCS)Nc1cn(CCOCC(F)(F)F)nc1-c1ccccn1. The highest BCUT2D eigenvalue weighted by molar-refractivity contribution is 7.80. The molecule has 10 heteroatoms. The van der Waals surface area contributed by atoms with Crippen molar-refractivity contribution in [2.24, 2.45) is 0 Å². The van der Waals surface area contributed by atoms with Crippen LogP contribution in [0.5, 0.6) is 0 Å². The first-order chi connectivity index (χ1) is 11.9. The van der Waals surface area contributed by atoms with Crippen molar-refractivity contribution in [2.45, 2.75) is 19.1 Å². The van der Waals surface area contributed by atoms with Gasteiger partial charge in [-0.15, -0.1) is 0 Å². The van der Waals surface area contributed by atoms with E-state index in [4.69, 9.17) is 0 Å². The molecule has 0 fully saturated rings. The lowest BCUT2D eigenvalue weighted by atomic mass is 10.2. The average Bonchev–Trinajstić information content (AvgIpc) is 2.94. The van der Waals surface area contributed by atoms with Crippen LogP contribution in [-0.4, -0.2) is 45.8 Å². The summed E-state index contributed by atoms with van der Waals surface area (Å²) in [5.74, 6) is 0.157. The Balaban J connectivity index is 2.10. The molecule has 1 N–H and O–H groups in total. The number of amides is 1. The molecule has 2 rings (SSSR count). The summed E-state index contributed by atoms with van der Waals surface area (Å²) in [7, 11) is 0. The molecule has 0 saturated carbocycles. The van der Waals surface area contributed by atoms with Gasteiger partial charge in [-0.1, -0.05) is 6.07 Å². The Morgan fingerprint density at radius 3 is 2.80 bits per heavy atom. The van der Waals surface area contributed by atoms with E-state index in [1.807, 2.05) is 0 Å². The van der Waals surface area contributed by atoms with Crippen LogP contribution in [-0.2, 0) is 16.1 Å². The summed E-state index contributed by atoms with van der Waals surface area (Å²) in [6.07, 6.45) is -1.02. The number of anilines is 1. The largest absolute Gasteiger partial charge is 0.411 e. The molecule has 136 valence electrons. The standard InChI is InChI=1S/C15H17F3N4O2S/c16-15(17,18)10-24-7-6-22-9-12(20-13(23)4-8-25)14(21-22)11-3-1-2-5-19-11/h1-3,5,9,25H,4,6-8,10H2,(H,20,23). The second-order valence-corrected chi connectivity index (χ2v) is 5.51. The van der Waals surface area contributed by atoms with E-state index in [9.17, 15) is 18.0 Å². The Kier molecular flexibility index (Phi) is 6.82. The third-order valence-electron chi connectivity index (χ3n) is 3.01. The van der Waals surface area contributed by atoms with Crippen LogP contribution in [0.4, 0.5) is 18.9 Å². The van der Waals surface area contributed by atoms with E-state index < -0.39 is 12.8 Å². The lowest BCUT2D eigenvalue weighted by molar-refractivity contribution is -0.174. The van der Waals surface area contributed by atoms with Gasteiger partial charge in [0, 0.05) is 18.8 Å². The number of thiol groups is 1. The number of nitrogens with one attached hydrogen (secondary N) is 1. The predicted octanol–water partition coefficient (Wildman–Crippen LogP) is 2.78. The van der Waals surface area contributed by atoms with Gasteiger partial charge in [0.1, 0.15) is 12.3 Å². The molecular formula is C15H17F3N4O2S. The Hall–Kier alpha value is -2.07. The maximum absolute atomic E-state index is 12.1. The third-order valence-corrected chi connectivity index (χ3v) is 3.24. The molecule has 1 amide bonds. The van der Waals surface area contributed by atoms with Gasteiger partial charge in [0.05, 0.1) is 24.5 Å². The number of halogens is 3. The van der Waals surface area contributed by atoms with Gasteiger partial charge in [-0.25, -0.2) is 0 Å². The molecule has 0 radical (unpaired) electrons. The third kappa shape index (κ3) is 6.39. The Morgan fingerprint density at radius 2 is 2.16 bits per heavy atom. The first-order valence-electron chi connectivity index (χ1n) is 7.43. The van der Waals surface area contributed by atoms with Gasteiger partial charge in [-0.2, -0.15) is 30.9 Å². The fraction of sp³-hybridized carbons (Fsp3) is 0.400. The number of carbonyl (C=O) groups excluding carboxylic acids is 1. The first-order valence-corrected chi connectivity index (χ1v) is 8.06.